The topological polar surface area (TPSA) is 72.2 Å². The van der Waals surface area contributed by atoms with Crippen LogP contribution in [0.1, 0.15) is 12.8 Å². The molecule has 0 unspecified atom stereocenters. The molecule has 1 aliphatic heterocycles. The molecular weight excluding hydrogens is 188 g/mol. The van der Waals surface area contributed by atoms with Crippen molar-refractivity contribution < 1.29 is 8.42 Å². The molecule has 1 fully saturated rings. The SMILES string of the molecule is Cl.NS(=O)(=O)C1CCNCC1. The molecule has 0 aromatic rings. The number of hydrogen-bond acceptors (Lipinski definition) is 3. The molecule has 0 aromatic heterocycles. The third kappa shape index (κ3) is 3.37. The van der Waals surface area contributed by atoms with Gasteiger partial charge in [0, 0.05) is 0 Å². The molecule has 0 saturated carbocycles. The molecule has 0 radical (unpaired) electrons. The summed E-state index contributed by atoms with van der Waals surface area (Å²) in [7, 11) is -3.27. The summed E-state index contributed by atoms with van der Waals surface area (Å²) in [6.07, 6.45) is 1.30. The largest absolute Gasteiger partial charge is 0.317 e. The first-order valence-corrected chi connectivity index (χ1v) is 4.94. The monoisotopic (exact) mass is 200 g/mol. The van der Waals surface area contributed by atoms with Gasteiger partial charge in [-0.2, -0.15) is 0 Å². The van der Waals surface area contributed by atoms with Gasteiger partial charge in [0.05, 0.1) is 5.25 Å². The van der Waals surface area contributed by atoms with Crippen molar-refractivity contribution in [3.63, 3.8) is 0 Å². The van der Waals surface area contributed by atoms with E-state index in [4.69, 9.17) is 5.14 Å². The highest BCUT2D eigenvalue weighted by Crippen LogP contribution is 2.08. The fourth-order valence-electron chi connectivity index (χ4n) is 1.12. The first-order valence-electron chi connectivity index (χ1n) is 3.33. The first-order chi connectivity index (χ1) is 4.61. The minimum Gasteiger partial charge on any atom is -0.317 e. The van der Waals surface area contributed by atoms with Gasteiger partial charge in [0.2, 0.25) is 10.0 Å². The summed E-state index contributed by atoms with van der Waals surface area (Å²) in [6.45, 7) is 1.53. The van der Waals surface area contributed by atoms with Crippen molar-refractivity contribution in [3.8, 4) is 0 Å². The van der Waals surface area contributed by atoms with Crippen molar-refractivity contribution in [2.24, 2.45) is 5.14 Å². The molecule has 0 atom stereocenters. The fourth-order valence-corrected chi connectivity index (χ4v) is 2.02. The van der Waals surface area contributed by atoms with E-state index >= 15 is 0 Å². The summed E-state index contributed by atoms with van der Waals surface area (Å²) >= 11 is 0. The Kier molecular flexibility index (Phi) is 4.31. The first kappa shape index (κ1) is 11.2. The number of primary sulfonamides is 1. The van der Waals surface area contributed by atoms with Gasteiger partial charge in [-0.1, -0.05) is 0 Å². The molecule has 0 aliphatic carbocycles. The van der Waals surface area contributed by atoms with Crippen LogP contribution in [0.3, 0.4) is 0 Å². The number of sulfonamides is 1. The molecule has 1 aliphatic rings. The Morgan fingerprint density at radius 1 is 1.27 bits per heavy atom. The maximum atomic E-state index is 10.7. The maximum absolute atomic E-state index is 10.7. The Bertz CT molecular complexity index is 199. The maximum Gasteiger partial charge on any atom is 0.212 e. The highest BCUT2D eigenvalue weighted by Gasteiger charge is 2.22. The highest BCUT2D eigenvalue weighted by molar-refractivity contribution is 7.89. The summed E-state index contributed by atoms with van der Waals surface area (Å²) in [4.78, 5) is 0. The van der Waals surface area contributed by atoms with Gasteiger partial charge in [-0.25, -0.2) is 13.6 Å². The van der Waals surface area contributed by atoms with E-state index in [2.05, 4.69) is 5.32 Å². The van der Waals surface area contributed by atoms with Gasteiger partial charge < -0.3 is 5.32 Å². The van der Waals surface area contributed by atoms with Crippen LogP contribution in [0.25, 0.3) is 0 Å². The second kappa shape index (κ2) is 4.25. The van der Waals surface area contributed by atoms with Crippen molar-refractivity contribution in [2.45, 2.75) is 18.1 Å². The molecule has 3 N–H and O–H groups in total. The summed E-state index contributed by atoms with van der Waals surface area (Å²) in [5.74, 6) is 0. The molecule has 0 amide bonds. The van der Waals surface area contributed by atoms with Crippen LogP contribution in [-0.4, -0.2) is 26.8 Å². The molecule has 6 heteroatoms. The predicted molar refractivity (Wildman–Crippen MR) is 46.2 cm³/mol. The fraction of sp³-hybridized carbons (Fsp3) is 1.00. The Hall–Kier alpha value is 0.160. The van der Waals surface area contributed by atoms with Crippen LogP contribution >= 0.6 is 12.4 Å². The standard InChI is InChI=1S/C5H12N2O2S.ClH/c6-10(8,9)5-1-3-7-4-2-5;/h5,7H,1-4H2,(H2,6,8,9);1H. The normalized spacial score (nSPS) is 20.8. The lowest BCUT2D eigenvalue weighted by Crippen LogP contribution is -2.38. The Labute approximate surface area is 73.0 Å². The van der Waals surface area contributed by atoms with Gasteiger partial charge in [0.1, 0.15) is 0 Å². The zero-order valence-electron chi connectivity index (χ0n) is 6.12. The van der Waals surface area contributed by atoms with E-state index in [9.17, 15) is 8.42 Å². The summed E-state index contributed by atoms with van der Waals surface area (Å²) in [5.41, 5.74) is 0. The number of hydrogen-bond donors (Lipinski definition) is 2. The van der Waals surface area contributed by atoms with E-state index in [1.54, 1.807) is 0 Å². The van der Waals surface area contributed by atoms with Crippen LogP contribution in [0, 0.1) is 0 Å². The van der Waals surface area contributed by atoms with Crippen LogP contribution in [0.2, 0.25) is 0 Å². The van der Waals surface area contributed by atoms with Crippen molar-refractivity contribution in [1.82, 2.24) is 5.32 Å². The number of nitrogens with two attached hydrogens (primary N) is 1. The van der Waals surface area contributed by atoms with Crippen molar-refractivity contribution in [3.05, 3.63) is 0 Å². The molecule has 11 heavy (non-hydrogen) atoms. The summed E-state index contributed by atoms with van der Waals surface area (Å²) in [6, 6.07) is 0. The molecule has 0 aromatic carbocycles. The van der Waals surface area contributed by atoms with Crippen LogP contribution in [0.4, 0.5) is 0 Å². The summed E-state index contributed by atoms with van der Waals surface area (Å²) in [5, 5.41) is 7.71. The highest BCUT2D eigenvalue weighted by atomic mass is 35.5. The molecule has 1 saturated heterocycles. The van der Waals surface area contributed by atoms with Crippen LogP contribution in [0.15, 0.2) is 0 Å². The van der Waals surface area contributed by atoms with Crippen LogP contribution in [-0.2, 0) is 10.0 Å². The van der Waals surface area contributed by atoms with E-state index in [0.717, 1.165) is 13.1 Å². The zero-order valence-corrected chi connectivity index (χ0v) is 7.75. The van der Waals surface area contributed by atoms with Crippen molar-refractivity contribution in [2.75, 3.05) is 13.1 Å². The third-order valence-corrected chi connectivity index (χ3v) is 3.15. The number of halogens is 1. The molecule has 4 nitrogen and oxygen atoms in total. The molecular formula is C5H13ClN2O2S. The second-order valence-corrected chi connectivity index (χ2v) is 4.38. The predicted octanol–water partition coefficient (Wildman–Crippen LogP) is -0.551. The molecule has 0 bridgehead atoms. The lowest BCUT2D eigenvalue weighted by atomic mass is 10.2. The number of piperidine rings is 1. The van der Waals surface area contributed by atoms with Crippen molar-refractivity contribution >= 4 is 22.4 Å². The van der Waals surface area contributed by atoms with Gasteiger partial charge in [-0.3, -0.25) is 0 Å². The lowest BCUT2D eigenvalue weighted by Gasteiger charge is -2.19. The minimum atomic E-state index is -3.27. The van der Waals surface area contributed by atoms with Gasteiger partial charge >= 0.3 is 0 Å². The van der Waals surface area contributed by atoms with E-state index in [1.807, 2.05) is 0 Å². The second-order valence-electron chi connectivity index (χ2n) is 2.54. The lowest BCUT2D eigenvalue weighted by molar-refractivity contribution is 0.497. The molecule has 1 heterocycles. The zero-order chi connectivity index (χ0) is 7.61. The van der Waals surface area contributed by atoms with Gasteiger partial charge in [-0.05, 0) is 25.9 Å². The average Bonchev–Trinajstić information content (AvgIpc) is 1.88. The quantitative estimate of drug-likeness (QED) is 0.597. The van der Waals surface area contributed by atoms with Gasteiger partial charge in [-0.15, -0.1) is 12.4 Å². The smallest absolute Gasteiger partial charge is 0.212 e. The van der Waals surface area contributed by atoms with E-state index in [0.29, 0.717) is 12.8 Å². The minimum absolute atomic E-state index is 0. The molecule has 0 spiro atoms. The average molecular weight is 201 g/mol. The van der Waals surface area contributed by atoms with Crippen LogP contribution in [0.5, 0.6) is 0 Å². The third-order valence-electron chi connectivity index (χ3n) is 1.75. The van der Waals surface area contributed by atoms with E-state index in [1.165, 1.54) is 0 Å². The van der Waals surface area contributed by atoms with Crippen LogP contribution < -0.4 is 10.5 Å². The van der Waals surface area contributed by atoms with Gasteiger partial charge in [0.25, 0.3) is 0 Å². The number of nitrogens with one attached hydrogen (secondary N) is 1. The Morgan fingerprint density at radius 2 is 1.73 bits per heavy atom. The van der Waals surface area contributed by atoms with Crippen molar-refractivity contribution in [1.29, 1.82) is 0 Å². The molecule has 68 valence electrons. The summed E-state index contributed by atoms with van der Waals surface area (Å²) < 4.78 is 21.5. The Morgan fingerprint density at radius 3 is 2.00 bits per heavy atom. The van der Waals surface area contributed by atoms with E-state index < -0.39 is 10.0 Å². The molecule has 1 rings (SSSR count). The van der Waals surface area contributed by atoms with E-state index in [-0.39, 0.29) is 17.7 Å². The number of rotatable bonds is 1. The Balaban J connectivity index is 0.000001000. The van der Waals surface area contributed by atoms with Gasteiger partial charge in [0.15, 0.2) is 0 Å².